The number of rotatable bonds is 6. The van der Waals surface area contributed by atoms with Gasteiger partial charge in [-0.25, -0.2) is 4.68 Å². The van der Waals surface area contributed by atoms with Crippen LogP contribution in [0.3, 0.4) is 0 Å². The lowest BCUT2D eigenvalue weighted by atomic mass is 10.1. The summed E-state index contributed by atoms with van der Waals surface area (Å²) < 4.78 is 7.39. The van der Waals surface area contributed by atoms with Crippen molar-refractivity contribution in [3.63, 3.8) is 0 Å². The Bertz CT molecular complexity index is 571. The Morgan fingerprint density at radius 3 is 3.00 bits per heavy atom. The predicted octanol–water partition coefficient (Wildman–Crippen LogP) is 1.66. The monoisotopic (exact) mass is 273 g/mol. The van der Waals surface area contributed by atoms with Gasteiger partial charge < -0.3 is 10.5 Å². The van der Waals surface area contributed by atoms with E-state index in [4.69, 9.17) is 10.5 Å². The molecule has 6 nitrogen and oxygen atoms in total. The van der Waals surface area contributed by atoms with E-state index in [1.165, 1.54) is 12.8 Å². The minimum Gasteiger partial charge on any atom is -0.398 e. The zero-order valence-electron chi connectivity index (χ0n) is 11.6. The van der Waals surface area contributed by atoms with Crippen LogP contribution in [0.15, 0.2) is 18.2 Å². The maximum absolute atomic E-state index is 6.04. The number of hydrogen-bond acceptors (Lipinski definition) is 5. The lowest BCUT2D eigenvalue weighted by molar-refractivity contribution is 0.114. The second-order valence-electron chi connectivity index (χ2n) is 5.28. The minimum absolute atomic E-state index is 0.625. The van der Waals surface area contributed by atoms with Crippen LogP contribution in [-0.4, -0.2) is 33.4 Å². The quantitative estimate of drug-likeness (QED) is 0.639. The summed E-state index contributed by atoms with van der Waals surface area (Å²) >= 11 is 0. The van der Waals surface area contributed by atoms with Gasteiger partial charge in [0.15, 0.2) is 5.82 Å². The van der Waals surface area contributed by atoms with E-state index in [0.29, 0.717) is 24.7 Å². The Morgan fingerprint density at radius 1 is 1.40 bits per heavy atom. The Kier molecular flexibility index (Phi) is 3.64. The third-order valence-electron chi connectivity index (χ3n) is 3.56. The summed E-state index contributed by atoms with van der Waals surface area (Å²) in [6.07, 6.45) is 2.60. The number of benzene rings is 1. The SMILES string of the molecule is Cc1cccc(N)c1-c1nnnn1CCOCC1CC1. The van der Waals surface area contributed by atoms with Crippen molar-refractivity contribution in [2.24, 2.45) is 5.92 Å². The molecule has 6 heteroatoms. The van der Waals surface area contributed by atoms with Crippen LogP contribution < -0.4 is 5.73 Å². The fourth-order valence-electron chi connectivity index (χ4n) is 2.22. The van der Waals surface area contributed by atoms with E-state index < -0.39 is 0 Å². The molecule has 106 valence electrons. The number of ether oxygens (including phenoxy) is 1. The zero-order chi connectivity index (χ0) is 13.9. The van der Waals surface area contributed by atoms with Crippen molar-refractivity contribution >= 4 is 5.69 Å². The largest absolute Gasteiger partial charge is 0.398 e. The van der Waals surface area contributed by atoms with Crippen LogP contribution in [0.5, 0.6) is 0 Å². The average Bonchev–Trinajstić information content (AvgIpc) is 3.14. The van der Waals surface area contributed by atoms with E-state index in [0.717, 1.165) is 23.7 Å². The van der Waals surface area contributed by atoms with E-state index in [9.17, 15) is 0 Å². The van der Waals surface area contributed by atoms with Crippen molar-refractivity contribution in [1.82, 2.24) is 20.2 Å². The third-order valence-corrected chi connectivity index (χ3v) is 3.56. The Balaban J connectivity index is 1.72. The van der Waals surface area contributed by atoms with Gasteiger partial charge in [-0.05, 0) is 47.7 Å². The molecule has 1 aliphatic carbocycles. The second kappa shape index (κ2) is 5.58. The highest BCUT2D eigenvalue weighted by atomic mass is 16.5. The number of tetrazole rings is 1. The molecule has 1 aromatic carbocycles. The number of nitrogen functional groups attached to an aromatic ring is 1. The van der Waals surface area contributed by atoms with Crippen LogP contribution in [0.4, 0.5) is 5.69 Å². The molecule has 0 bridgehead atoms. The average molecular weight is 273 g/mol. The molecule has 1 fully saturated rings. The summed E-state index contributed by atoms with van der Waals surface area (Å²) in [6, 6.07) is 5.81. The van der Waals surface area contributed by atoms with Crippen LogP contribution in [0, 0.1) is 12.8 Å². The van der Waals surface area contributed by atoms with E-state index in [1.807, 2.05) is 25.1 Å². The van der Waals surface area contributed by atoms with Crippen LogP contribution in [0.1, 0.15) is 18.4 Å². The number of anilines is 1. The summed E-state index contributed by atoms with van der Waals surface area (Å²) in [5.74, 6) is 1.48. The molecule has 1 aliphatic rings. The van der Waals surface area contributed by atoms with Gasteiger partial charge in [-0.3, -0.25) is 0 Å². The highest BCUT2D eigenvalue weighted by Crippen LogP contribution is 2.29. The minimum atomic E-state index is 0.625. The molecule has 2 N–H and O–H groups in total. The number of hydrogen-bond donors (Lipinski definition) is 1. The van der Waals surface area contributed by atoms with Gasteiger partial charge in [-0.1, -0.05) is 12.1 Å². The first-order valence-corrected chi connectivity index (χ1v) is 6.95. The summed E-state index contributed by atoms with van der Waals surface area (Å²) in [7, 11) is 0. The van der Waals surface area contributed by atoms with Gasteiger partial charge in [-0.2, -0.15) is 0 Å². The molecular formula is C14H19N5O. The van der Waals surface area contributed by atoms with Crippen LogP contribution in [-0.2, 0) is 11.3 Å². The highest BCUT2D eigenvalue weighted by molar-refractivity contribution is 5.74. The maximum Gasteiger partial charge on any atom is 0.184 e. The molecule has 20 heavy (non-hydrogen) atoms. The summed E-state index contributed by atoms with van der Waals surface area (Å²) in [5, 5.41) is 11.9. The Labute approximate surface area is 117 Å². The number of nitrogens with zero attached hydrogens (tertiary/aromatic N) is 4. The molecule has 0 spiro atoms. The molecule has 1 aromatic heterocycles. The summed E-state index contributed by atoms with van der Waals surface area (Å²) in [4.78, 5) is 0. The standard InChI is InChI=1S/C14H19N5O/c1-10-3-2-4-12(15)13(10)14-16-17-18-19(14)7-8-20-9-11-5-6-11/h2-4,11H,5-9,15H2,1H3. The molecule has 0 aliphatic heterocycles. The van der Waals surface area contributed by atoms with Gasteiger partial charge in [0, 0.05) is 17.9 Å². The molecule has 0 radical (unpaired) electrons. The first-order valence-electron chi connectivity index (χ1n) is 6.95. The van der Waals surface area contributed by atoms with Gasteiger partial charge in [0.25, 0.3) is 0 Å². The molecular weight excluding hydrogens is 254 g/mol. The lowest BCUT2D eigenvalue weighted by Crippen LogP contribution is -2.11. The number of aromatic nitrogens is 4. The molecule has 2 aromatic rings. The van der Waals surface area contributed by atoms with Gasteiger partial charge in [0.1, 0.15) is 0 Å². The van der Waals surface area contributed by atoms with Gasteiger partial charge >= 0.3 is 0 Å². The van der Waals surface area contributed by atoms with Gasteiger partial charge in [0.05, 0.1) is 13.2 Å². The van der Waals surface area contributed by atoms with Gasteiger partial charge in [-0.15, -0.1) is 5.10 Å². The Hall–Kier alpha value is -1.95. The van der Waals surface area contributed by atoms with E-state index in [1.54, 1.807) is 4.68 Å². The summed E-state index contributed by atoms with van der Waals surface area (Å²) in [6.45, 7) is 4.13. The normalized spacial score (nSPS) is 14.7. The predicted molar refractivity (Wildman–Crippen MR) is 75.9 cm³/mol. The van der Waals surface area contributed by atoms with E-state index in [2.05, 4.69) is 15.5 Å². The van der Waals surface area contributed by atoms with Crippen molar-refractivity contribution in [1.29, 1.82) is 0 Å². The zero-order valence-corrected chi connectivity index (χ0v) is 11.6. The maximum atomic E-state index is 6.04. The fraction of sp³-hybridized carbons (Fsp3) is 0.500. The van der Waals surface area contributed by atoms with E-state index in [-0.39, 0.29) is 0 Å². The highest BCUT2D eigenvalue weighted by Gasteiger charge is 2.21. The molecule has 1 heterocycles. The smallest absolute Gasteiger partial charge is 0.184 e. The van der Waals surface area contributed by atoms with Crippen molar-refractivity contribution in [3.05, 3.63) is 23.8 Å². The first-order chi connectivity index (χ1) is 9.75. The van der Waals surface area contributed by atoms with Crippen molar-refractivity contribution in [2.45, 2.75) is 26.3 Å². The summed E-state index contributed by atoms with van der Waals surface area (Å²) in [5.41, 5.74) is 8.71. The Morgan fingerprint density at radius 2 is 2.25 bits per heavy atom. The number of aryl methyl sites for hydroxylation is 1. The van der Waals surface area contributed by atoms with E-state index >= 15 is 0 Å². The molecule has 0 atom stereocenters. The van der Waals surface area contributed by atoms with Crippen molar-refractivity contribution in [2.75, 3.05) is 18.9 Å². The molecule has 0 amide bonds. The molecule has 0 saturated heterocycles. The van der Waals surface area contributed by atoms with Crippen molar-refractivity contribution in [3.8, 4) is 11.4 Å². The second-order valence-corrected chi connectivity index (χ2v) is 5.28. The first kappa shape index (κ1) is 13.1. The molecule has 3 rings (SSSR count). The van der Waals surface area contributed by atoms with Crippen molar-refractivity contribution < 1.29 is 4.74 Å². The fourth-order valence-corrected chi connectivity index (χ4v) is 2.22. The third kappa shape index (κ3) is 2.80. The van der Waals surface area contributed by atoms with Crippen LogP contribution >= 0.6 is 0 Å². The topological polar surface area (TPSA) is 78.9 Å². The molecule has 1 saturated carbocycles. The van der Waals surface area contributed by atoms with Crippen LogP contribution in [0.25, 0.3) is 11.4 Å². The van der Waals surface area contributed by atoms with Gasteiger partial charge in [0.2, 0.25) is 0 Å². The number of nitrogens with two attached hydrogens (primary N) is 1. The lowest BCUT2D eigenvalue weighted by Gasteiger charge is -2.09. The van der Waals surface area contributed by atoms with Crippen LogP contribution in [0.2, 0.25) is 0 Å². The molecule has 0 unspecified atom stereocenters.